The normalized spacial score (nSPS) is 11.3. The Morgan fingerprint density at radius 2 is 1.89 bits per heavy atom. The molecule has 0 bridgehead atoms. The first kappa shape index (κ1) is 17.1. The number of halogens is 1. The van der Waals surface area contributed by atoms with E-state index < -0.39 is 0 Å². The Hall–Kier alpha value is -3.35. The zero-order valence-corrected chi connectivity index (χ0v) is 15.3. The summed E-state index contributed by atoms with van der Waals surface area (Å²) in [6.45, 7) is 5.75. The van der Waals surface area contributed by atoms with Gasteiger partial charge in [-0.15, -0.1) is 0 Å². The van der Waals surface area contributed by atoms with Gasteiger partial charge in [0.25, 0.3) is 0 Å². The van der Waals surface area contributed by atoms with Gasteiger partial charge in [0.15, 0.2) is 5.82 Å². The highest BCUT2D eigenvalue weighted by Crippen LogP contribution is 2.32. The van der Waals surface area contributed by atoms with Gasteiger partial charge in [-0.25, -0.2) is 4.39 Å². The molecule has 0 aliphatic rings. The SMILES string of the molecule is Cc1cc(Nc2cc3cc(-n4cccc4)c(F)cc3c(OC(C)C)n2)n[nH]1. The predicted molar refractivity (Wildman–Crippen MR) is 103 cm³/mol. The number of H-pyrrole nitrogens is 1. The molecule has 0 aliphatic heterocycles. The summed E-state index contributed by atoms with van der Waals surface area (Å²) < 4.78 is 22.3. The Morgan fingerprint density at radius 3 is 2.56 bits per heavy atom. The van der Waals surface area contributed by atoms with Crippen LogP contribution < -0.4 is 10.1 Å². The summed E-state index contributed by atoms with van der Waals surface area (Å²) in [5.74, 6) is 1.28. The van der Waals surface area contributed by atoms with E-state index in [0.29, 0.717) is 28.6 Å². The summed E-state index contributed by atoms with van der Waals surface area (Å²) in [4.78, 5) is 4.52. The fourth-order valence-electron chi connectivity index (χ4n) is 2.92. The molecule has 3 heterocycles. The molecule has 4 rings (SSSR count). The minimum atomic E-state index is -0.335. The highest BCUT2D eigenvalue weighted by Gasteiger charge is 2.14. The number of aromatic nitrogens is 4. The number of nitrogens with one attached hydrogen (secondary N) is 2. The number of aryl methyl sites for hydroxylation is 1. The van der Waals surface area contributed by atoms with Gasteiger partial charge in [0.2, 0.25) is 5.88 Å². The number of nitrogens with zero attached hydrogens (tertiary/aromatic N) is 3. The molecule has 138 valence electrons. The lowest BCUT2D eigenvalue weighted by atomic mass is 10.1. The van der Waals surface area contributed by atoms with E-state index >= 15 is 0 Å². The average Bonchev–Trinajstić information content (AvgIpc) is 3.26. The molecule has 7 heteroatoms. The van der Waals surface area contributed by atoms with Gasteiger partial charge < -0.3 is 14.6 Å². The zero-order chi connectivity index (χ0) is 19.0. The molecule has 0 aliphatic carbocycles. The highest BCUT2D eigenvalue weighted by molar-refractivity contribution is 5.91. The Bertz CT molecular complexity index is 1090. The first-order valence-electron chi connectivity index (χ1n) is 8.73. The third-order valence-corrected chi connectivity index (χ3v) is 4.06. The Balaban J connectivity index is 1.85. The van der Waals surface area contributed by atoms with Crippen LogP contribution in [-0.2, 0) is 0 Å². The molecule has 0 saturated heterocycles. The van der Waals surface area contributed by atoms with E-state index in [2.05, 4.69) is 20.5 Å². The molecule has 0 unspecified atom stereocenters. The molecule has 0 atom stereocenters. The molecule has 1 aromatic carbocycles. The van der Waals surface area contributed by atoms with Gasteiger partial charge in [-0.3, -0.25) is 5.10 Å². The molecule has 0 radical (unpaired) electrons. The van der Waals surface area contributed by atoms with Crippen LogP contribution in [0.1, 0.15) is 19.5 Å². The molecule has 27 heavy (non-hydrogen) atoms. The Morgan fingerprint density at radius 1 is 1.11 bits per heavy atom. The standard InChI is InChI=1S/C20H20FN5O/c1-12(2)27-20-15-11-16(21)17(26-6-4-5-7-26)9-14(15)10-18(23-20)22-19-8-13(3)24-25-19/h4-12H,1-3H3,(H2,22,23,24,25). The number of fused-ring (bicyclic) bond motifs is 1. The minimum absolute atomic E-state index is 0.0873. The number of hydrogen-bond donors (Lipinski definition) is 2. The van der Waals surface area contributed by atoms with Crippen molar-refractivity contribution in [2.45, 2.75) is 26.9 Å². The van der Waals surface area contributed by atoms with Crippen LogP contribution in [-0.4, -0.2) is 25.9 Å². The van der Waals surface area contributed by atoms with Crippen molar-refractivity contribution in [3.8, 4) is 11.6 Å². The molecule has 6 nitrogen and oxygen atoms in total. The van der Waals surface area contributed by atoms with Crippen molar-refractivity contribution in [2.75, 3.05) is 5.32 Å². The van der Waals surface area contributed by atoms with Gasteiger partial charge in [0.1, 0.15) is 11.6 Å². The largest absolute Gasteiger partial charge is 0.474 e. The topological polar surface area (TPSA) is 67.8 Å². The van der Waals surface area contributed by atoms with Crippen LogP contribution in [0, 0.1) is 12.7 Å². The summed E-state index contributed by atoms with van der Waals surface area (Å²) >= 11 is 0. The molecular formula is C20H20FN5O. The average molecular weight is 365 g/mol. The molecule has 0 spiro atoms. The van der Waals surface area contributed by atoms with E-state index in [1.165, 1.54) is 6.07 Å². The number of rotatable bonds is 5. The van der Waals surface area contributed by atoms with Crippen molar-refractivity contribution in [3.05, 3.63) is 60.3 Å². The van der Waals surface area contributed by atoms with Gasteiger partial charge in [-0.2, -0.15) is 10.1 Å². The summed E-state index contributed by atoms with van der Waals surface area (Å²) in [7, 11) is 0. The molecule has 0 amide bonds. The van der Waals surface area contributed by atoms with Crippen molar-refractivity contribution in [3.63, 3.8) is 0 Å². The van der Waals surface area contributed by atoms with Crippen molar-refractivity contribution in [2.24, 2.45) is 0 Å². The molecule has 0 fully saturated rings. The number of hydrogen-bond acceptors (Lipinski definition) is 4. The Labute approximate surface area is 156 Å². The van der Waals surface area contributed by atoms with Gasteiger partial charge in [0, 0.05) is 29.5 Å². The second-order valence-electron chi connectivity index (χ2n) is 6.66. The molecule has 3 aromatic heterocycles. The third kappa shape index (κ3) is 3.48. The van der Waals surface area contributed by atoms with Gasteiger partial charge in [-0.1, -0.05) is 0 Å². The van der Waals surface area contributed by atoms with Crippen molar-refractivity contribution in [1.82, 2.24) is 19.7 Å². The number of pyridine rings is 1. The number of aromatic amines is 1. The zero-order valence-electron chi connectivity index (χ0n) is 15.3. The highest BCUT2D eigenvalue weighted by atomic mass is 19.1. The first-order valence-corrected chi connectivity index (χ1v) is 8.73. The van der Waals surface area contributed by atoms with Crippen molar-refractivity contribution >= 4 is 22.4 Å². The first-order chi connectivity index (χ1) is 13.0. The summed E-state index contributed by atoms with van der Waals surface area (Å²) in [6, 6.07) is 10.7. The monoisotopic (exact) mass is 365 g/mol. The summed E-state index contributed by atoms with van der Waals surface area (Å²) in [6.07, 6.45) is 3.53. The second-order valence-corrected chi connectivity index (χ2v) is 6.66. The van der Waals surface area contributed by atoms with Crippen LogP contribution in [0.25, 0.3) is 16.5 Å². The molecule has 2 N–H and O–H groups in total. The quantitative estimate of drug-likeness (QED) is 0.537. The van der Waals surface area contributed by atoms with Crippen LogP contribution >= 0.6 is 0 Å². The van der Waals surface area contributed by atoms with E-state index in [4.69, 9.17) is 4.74 Å². The number of ether oxygens (including phenoxy) is 1. The fraction of sp³-hybridized carbons (Fsp3) is 0.200. The number of anilines is 2. The van der Waals surface area contributed by atoms with Gasteiger partial charge in [0.05, 0.1) is 11.8 Å². The van der Waals surface area contributed by atoms with Crippen LogP contribution in [0.15, 0.2) is 48.8 Å². The lowest BCUT2D eigenvalue weighted by molar-refractivity contribution is 0.236. The van der Waals surface area contributed by atoms with E-state index in [1.807, 2.05) is 57.4 Å². The van der Waals surface area contributed by atoms with Crippen LogP contribution in [0.5, 0.6) is 5.88 Å². The smallest absolute Gasteiger partial charge is 0.223 e. The summed E-state index contributed by atoms with van der Waals surface area (Å²) in [5, 5.41) is 11.7. The fourth-order valence-corrected chi connectivity index (χ4v) is 2.92. The minimum Gasteiger partial charge on any atom is -0.474 e. The lowest BCUT2D eigenvalue weighted by Gasteiger charge is -2.15. The van der Waals surface area contributed by atoms with E-state index in [9.17, 15) is 4.39 Å². The van der Waals surface area contributed by atoms with E-state index in [1.54, 1.807) is 10.6 Å². The van der Waals surface area contributed by atoms with Crippen LogP contribution in [0.4, 0.5) is 16.0 Å². The van der Waals surface area contributed by atoms with Crippen molar-refractivity contribution < 1.29 is 9.13 Å². The maximum atomic E-state index is 14.7. The van der Waals surface area contributed by atoms with Gasteiger partial charge >= 0.3 is 0 Å². The van der Waals surface area contributed by atoms with Crippen LogP contribution in [0.2, 0.25) is 0 Å². The Kier molecular flexibility index (Phi) is 4.27. The van der Waals surface area contributed by atoms with Gasteiger partial charge in [-0.05, 0) is 56.5 Å². The van der Waals surface area contributed by atoms with Crippen LogP contribution in [0.3, 0.4) is 0 Å². The molecule has 0 saturated carbocycles. The maximum absolute atomic E-state index is 14.7. The molecule has 4 aromatic rings. The van der Waals surface area contributed by atoms with Crippen molar-refractivity contribution in [1.29, 1.82) is 0 Å². The third-order valence-electron chi connectivity index (χ3n) is 4.06. The molecular weight excluding hydrogens is 345 g/mol. The summed E-state index contributed by atoms with van der Waals surface area (Å²) in [5.41, 5.74) is 1.41. The number of benzene rings is 1. The predicted octanol–water partition coefficient (Wildman–Crippen LogP) is 4.73. The second kappa shape index (κ2) is 6.75. The lowest BCUT2D eigenvalue weighted by Crippen LogP contribution is -2.08. The van der Waals surface area contributed by atoms with E-state index in [0.717, 1.165) is 11.1 Å². The van der Waals surface area contributed by atoms with E-state index in [-0.39, 0.29) is 11.9 Å². The maximum Gasteiger partial charge on any atom is 0.223 e.